The summed E-state index contributed by atoms with van der Waals surface area (Å²) in [5.41, 5.74) is 7.77. The van der Waals surface area contributed by atoms with Crippen LogP contribution in [0.4, 0.5) is 5.69 Å². The predicted molar refractivity (Wildman–Crippen MR) is 105 cm³/mol. The molecule has 2 atom stereocenters. The van der Waals surface area contributed by atoms with Crippen LogP contribution in [0.15, 0.2) is 48.5 Å². The third kappa shape index (κ3) is 4.18. The highest BCUT2D eigenvalue weighted by Crippen LogP contribution is 2.30. The Morgan fingerprint density at radius 3 is 2.65 bits per heavy atom. The monoisotopic (exact) mass is 373 g/mol. The molecule has 0 bridgehead atoms. The zero-order chi connectivity index (χ0) is 18.7. The molecule has 0 aromatic heterocycles. The molecule has 1 amide bonds. The number of halogens is 1. The van der Waals surface area contributed by atoms with Gasteiger partial charge in [0.2, 0.25) is 5.91 Å². The quantitative estimate of drug-likeness (QED) is 0.816. The number of nitrogens with two attached hydrogens (primary N) is 1. The highest BCUT2D eigenvalue weighted by atomic mass is 35.5. The molecule has 6 heteroatoms. The van der Waals surface area contributed by atoms with Gasteiger partial charge in [-0.1, -0.05) is 41.9 Å². The Morgan fingerprint density at radius 2 is 2.08 bits per heavy atom. The van der Waals surface area contributed by atoms with Crippen LogP contribution < -0.4 is 10.6 Å². The zero-order valence-corrected chi connectivity index (χ0v) is 15.6. The number of nitrogens with zero attached hydrogens (tertiary/aromatic N) is 2. The standard InChI is InChI=1S/C20H24ClN3O2/c1-23(15-7-8-17(20(22)26)18(21)11-15)19(14-5-3-2-4-6-14)13-24-10-9-16(25)12-24/h2-8,11,16,19,25H,9-10,12-13H2,1H3,(H2,22,26). The maximum atomic E-state index is 11.4. The van der Waals surface area contributed by atoms with Crippen molar-refractivity contribution in [2.75, 3.05) is 31.6 Å². The molecule has 26 heavy (non-hydrogen) atoms. The number of likely N-dealkylation sites (tertiary alicyclic amines) is 1. The summed E-state index contributed by atoms with van der Waals surface area (Å²) in [7, 11) is 2.01. The summed E-state index contributed by atoms with van der Waals surface area (Å²) >= 11 is 6.24. The van der Waals surface area contributed by atoms with Crippen LogP contribution in [0, 0.1) is 0 Å². The average molecular weight is 374 g/mol. The van der Waals surface area contributed by atoms with Crippen molar-refractivity contribution in [1.29, 1.82) is 0 Å². The summed E-state index contributed by atoms with van der Waals surface area (Å²) < 4.78 is 0. The second kappa shape index (κ2) is 8.08. The predicted octanol–water partition coefficient (Wildman–Crippen LogP) is 2.68. The van der Waals surface area contributed by atoms with Gasteiger partial charge in [-0.25, -0.2) is 0 Å². The number of benzene rings is 2. The van der Waals surface area contributed by atoms with Gasteiger partial charge in [-0.15, -0.1) is 0 Å². The molecular formula is C20H24ClN3O2. The number of aliphatic hydroxyl groups excluding tert-OH is 1. The van der Waals surface area contributed by atoms with E-state index in [9.17, 15) is 9.90 Å². The van der Waals surface area contributed by atoms with Crippen LogP contribution in [0.5, 0.6) is 0 Å². The molecule has 1 heterocycles. The smallest absolute Gasteiger partial charge is 0.250 e. The van der Waals surface area contributed by atoms with Crippen LogP contribution in [0.2, 0.25) is 5.02 Å². The minimum absolute atomic E-state index is 0.0944. The van der Waals surface area contributed by atoms with E-state index in [1.807, 2.05) is 31.3 Å². The minimum Gasteiger partial charge on any atom is -0.392 e. The molecule has 0 aliphatic carbocycles. The van der Waals surface area contributed by atoms with Crippen molar-refractivity contribution in [2.45, 2.75) is 18.6 Å². The van der Waals surface area contributed by atoms with E-state index in [1.165, 1.54) is 5.56 Å². The summed E-state index contributed by atoms with van der Waals surface area (Å²) in [4.78, 5) is 15.8. The number of β-amino-alcohol motifs (C(OH)–C–C–N with tert-alkyl or cyclic N) is 1. The van der Waals surface area contributed by atoms with Gasteiger partial charge in [0.05, 0.1) is 22.7 Å². The number of hydrogen-bond donors (Lipinski definition) is 2. The molecule has 2 aromatic rings. The largest absolute Gasteiger partial charge is 0.392 e. The van der Waals surface area contributed by atoms with E-state index in [-0.39, 0.29) is 12.1 Å². The van der Waals surface area contributed by atoms with E-state index in [1.54, 1.807) is 12.1 Å². The van der Waals surface area contributed by atoms with Crippen molar-refractivity contribution in [2.24, 2.45) is 5.73 Å². The van der Waals surface area contributed by atoms with Gasteiger partial charge in [-0.05, 0) is 30.2 Å². The lowest BCUT2D eigenvalue weighted by Crippen LogP contribution is -2.36. The Bertz CT molecular complexity index is 769. The lowest BCUT2D eigenvalue weighted by molar-refractivity contribution is 0.100. The molecule has 3 N–H and O–H groups in total. The topological polar surface area (TPSA) is 69.8 Å². The molecule has 0 radical (unpaired) electrons. The van der Waals surface area contributed by atoms with Gasteiger partial charge in [0.1, 0.15) is 0 Å². The van der Waals surface area contributed by atoms with Crippen LogP contribution in [-0.2, 0) is 0 Å². The highest BCUT2D eigenvalue weighted by molar-refractivity contribution is 6.34. The SMILES string of the molecule is CN(c1ccc(C(N)=O)c(Cl)c1)C(CN1CCC(O)C1)c1ccccc1. The van der Waals surface area contributed by atoms with E-state index >= 15 is 0 Å². The Balaban J connectivity index is 1.88. The van der Waals surface area contributed by atoms with Crippen molar-refractivity contribution in [3.8, 4) is 0 Å². The molecule has 0 saturated carbocycles. The third-order valence-electron chi connectivity index (χ3n) is 4.96. The Kier molecular flexibility index (Phi) is 5.81. The molecule has 1 aliphatic heterocycles. The van der Waals surface area contributed by atoms with E-state index in [0.717, 1.165) is 25.2 Å². The normalized spacial score (nSPS) is 18.7. The van der Waals surface area contributed by atoms with Crippen LogP contribution >= 0.6 is 11.6 Å². The molecule has 2 unspecified atom stereocenters. The molecule has 1 aliphatic rings. The van der Waals surface area contributed by atoms with Gasteiger partial charge < -0.3 is 15.7 Å². The summed E-state index contributed by atoms with van der Waals surface area (Å²) in [6.45, 7) is 2.38. The first-order chi connectivity index (χ1) is 12.5. The second-order valence-electron chi connectivity index (χ2n) is 6.77. The van der Waals surface area contributed by atoms with E-state index in [0.29, 0.717) is 17.1 Å². The van der Waals surface area contributed by atoms with Crippen molar-refractivity contribution in [3.05, 3.63) is 64.7 Å². The molecule has 5 nitrogen and oxygen atoms in total. The number of carbonyl (C=O) groups is 1. The summed E-state index contributed by atoms with van der Waals surface area (Å²) in [5.74, 6) is -0.533. The molecule has 1 saturated heterocycles. The third-order valence-corrected chi connectivity index (χ3v) is 5.27. The van der Waals surface area contributed by atoms with E-state index in [2.05, 4.69) is 21.9 Å². The van der Waals surface area contributed by atoms with Crippen molar-refractivity contribution < 1.29 is 9.90 Å². The number of carbonyl (C=O) groups excluding carboxylic acids is 1. The van der Waals surface area contributed by atoms with Crippen LogP contribution in [-0.4, -0.2) is 48.7 Å². The molecule has 138 valence electrons. The lowest BCUT2D eigenvalue weighted by Gasteiger charge is -2.34. The van der Waals surface area contributed by atoms with E-state index in [4.69, 9.17) is 17.3 Å². The van der Waals surface area contributed by atoms with Gasteiger partial charge in [0.15, 0.2) is 0 Å². The fourth-order valence-electron chi connectivity index (χ4n) is 3.45. The number of anilines is 1. The number of hydrogen-bond acceptors (Lipinski definition) is 4. The van der Waals surface area contributed by atoms with Crippen LogP contribution in [0.1, 0.15) is 28.4 Å². The number of primary amides is 1. The minimum atomic E-state index is -0.533. The fourth-order valence-corrected chi connectivity index (χ4v) is 3.72. The van der Waals surface area contributed by atoms with Gasteiger partial charge in [0.25, 0.3) is 0 Å². The average Bonchev–Trinajstić information content (AvgIpc) is 3.04. The molecule has 2 aromatic carbocycles. The second-order valence-corrected chi connectivity index (χ2v) is 7.18. The first kappa shape index (κ1) is 18.7. The molecular weight excluding hydrogens is 350 g/mol. The van der Waals surface area contributed by atoms with Crippen molar-refractivity contribution in [1.82, 2.24) is 4.90 Å². The van der Waals surface area contributed by atoms with Gasteiger partial charge in [0, 0.05) is 32.4 Å². The highest BCUT2D eigenvalue weighted by Gasteiger charge is 2.26. The molecule has 0 spiro atoms. The fraction of sp³-hybridized carbons (Fsp3) is 0.350. The lowest BCUT2D eigenvalue weighted by atomic mass is 10.0. The first-order valence-corrected chi connectivity index (χ1v) is 9.11. The Morgan fingerprint density at radius 1 is 1.35 bits per heavy atom. The summed E-state index contributed by atoms with van der Waals surface area (Å²) in [6.07, 6.45) is 0.561. The number of aliphatic hydroxyl groups is 1. The Hall–Kier alpha value is -2.08. The summed E-state index contributed by atoms with van der Waals surface area (Å²) in [5, 5.41) is 10.2. The van der Waals surface area contributed by atoms with E-state index < -0.39 is 5.91 Å². The first-order valence-electron chi connectivity index (χ1n) is 8.73. The van der Waals surface area contributed by atoms with Crippen molar-refractivity contribution in [3.63, 3.8) is 0 Å². The van der Waals surface area contributed by atoms with Crippen molar-refractivity contribution >= 4 is 23.2 Å². The number of likely N-dealkylation sites (N-methyl/N-ethyl adjacent to an activating group) is 1. The maximum absolute atomic E-state index is 11.4. The molecule has 3 rings (SSSR count). The van der Waals surface area contributed by atoms with Gasteiger partial charge in [-0.2, -0.15) is 0 Å². The number of rotatable bonds is 6. The summed E-state index contributed by atoms with van der Waals surface area (Å²) in [6, 6.07) is 15.7. The van der Waals surface area contributed by atoms with Crippen LogP contribution in [0.25, 0.3) is 0 Å². The van der Waals surface area contributed by atoms with Gasteiger partial charge >= 0.3 is 0 Å². The number of amides is 1. The van der Waals surface area contributed by atoms with Crippen LogP contribution in [0.3, 0.4) is 0 Å². The van der Waals surface area contributed by atoms with Gasteiger partial charge in [-0.3, -0.25) is 9.69 Å². The maximum Gasteiger partial charge on any atom is 0.250 e. The molecule has 1 fully saturated rings. The zero-order valence-electron chi connectivity index (χ0n) is 14.8. The Labute approximate surface area is 159 Å².